The molecule has 3 aromatic carbocycles. The van der Waals surface area contributed by atoms with E-state index in [2.05, 4.69) is 43.7 Å². The molecule has 2 aromatic heterocycles. The van der Waals surface area contributed by atoms with Crippen molar-refractivity contribution in [2.24, 2.45) is 5.41 Å². The number of allylic oxidation sites excluding steroid dienone is 1. The summed E-state index contributed by atoms with van der Waals surface area (Å²) < 4.78 is 82.2. The average Bonchev–Trinajstić information content (AvgIpc) is 3.77. The van der Waals surface area contributed by atoms with Gasteiger partial charge in [-0.25, -0.2) is 18.1 Å². The van der Waals surface area contributed by atoms with Crippen LogP contribution in [0.15, 0.2) is 89.6 Å². The number of aryl methyl sites for hydroxylation is 1. The molecule has 2 saturated heterocycles. The molecular weight excluding hydrogens is 906 g/mol. The summed E-state index contributed by atoms with van der Waals surface area (Å²) in [6, 6.07) is 15.6. The monoisotopic (exact) mass is 958 g/mol. The van der Waals surface area contributed by atoms with Gasteiger partial charge >= 0.3 is 6.18 Å². The van der Waals surface area contributed by atoms with Gasteiger partial charge in [-0.2, -0.15) is 13.2 Å². The van der Waals surface area contributed by atoms with Gasteiger partial charge < -0.3 is 29.6 Å². The smallest absolute Gasteiger partial charge is 0.416 e. The largest absolute Gasteiger partial charge is 0.455 e. The number of halogens is 3. The van der Waals surface area contributed by atoms with Crippen molar-refractivity contribution in [2.75, 3.05) is 69.2 Å². The minimum absolute atomic E-state index is 0.000778. The van der Waals surface area contributed by atoms with Gasteiger partial charge in [-0.3, -0.25) is 24.6 Å². The highest BCUT2D eigenvalue weighted by Crippen LogP contribution is 2.45. The standard InChI is InChI=1S/C48H53F3N8O8S/c1-30-21-34(48(49,50)51)5-8-39(30)41-25-47(3,4)13-11-33(41)28-56-15-17-57(18-16-56)35-6-9-40(44(23-35)67-36-22-32-12-14-52-45(32)54-26-36)46(61)55-68(64,65)38-7-10-42(43(24-38)59(62)63)53-27-37-29-58(31(2)60)19-20-66-37/h5-10,12,14,21-24,26,37,53H,11,13,15-20,25,27-29H2,1-4H3,(H,52,54)(H,55,61)/t37-/m0/s1. The number of carbonyl (C=O) groups excluding carboxylic acids is 2. The number of hydrogen-bond acceptors (Lipinski definition) is 12. The van der Waals surface area contributed by atoms with Crippen LogP contribution >= 0.6 is 0 Å². The quantitative estimate of drug-likeness (QED) is 0.0759. The third-order valence-corrected chi connectivity index (χ3v) is 14.2. The van der Waals surface area contributed by atoms with Crippen molar-refractivity contribution in [3.05, 3.63) is 117 Å². The lowest BCUT2D eigenvalue weighted by molar-refractivity contribution is -0.384. The fourth-order valence-electron chi connectivity index (χ4n) is 9.05. The molecule has 3 N–H and O–H groups in total. The molecule has 1 aliphatic carbocycles. The zero-order valence-corrected chi connectivity index (χ0v) is 38.9. The van der Waals surface area contributed by atoms with Crippen molar-refractivity contribution in [3.63, 3.8) is 0 Å². The molecule has 8 rings (SSSR count). The molecule has 2 aliphatic heterocycles. The van der Waals surface area contributed by atoms with Crippen LogP contribution in [0, 0.1) is 22.5 Å². The van der Waals surface area contributed by atoms with Gasteiger partial charge in [0.05, 0.1) is 39.9 Å². The van der Waals surface area contributed by atoms with Crippen LogP contribution in [0.4, 0.5) is 30.2 Å². The molecule has 68 heavy (non-hydrogen) atoms. The van der Waals surface area contributed by atoms with E-state index in [1.165, 1.54) is 43.0 Å². The third kappa shape index (κ3) is 10.9. The molecule has 3 aliphatic rings. The van der Waals surface area contributed by atoms with Crippen LogP contribution in [0.25, 0.3) is 16.6 Å². The van der Waals surface area contributed by atoms with Gasteiger partial charge in [-0.1, -0.05) is 25.5 Å². The Hall–Kier alpha value is -6.51. The Kier molecular flexibility index (Phi) is 13.6. The van der Waals surface area contributed by atoms with Gasteiger partial charge in [0.2, 0.25) is 5.91 Å². The first kappa shape index (κ1) is 48.0. The molecule has 2 fully saturated rings. The number of rotatable bonds is 13. The number of nitrogens with one attached hydrogen (secondary N) is 3. The number of piperazine rings is 1. The van der Waals surface area contributed by atoms with Crippen LogP contribution in [-0.4, -0.2) is 110 Å². The number of benzene rings is 3. The van der Waals surface area contributed by atoms with Crippen LogP contribution < -0.4 is 19.7 Å². The van der Waals surface area contributed by atoms with Gasteiger partial charge in [0.1, 0.15) is 22.8 Å². The van der Waals surface area contributed by atoms with Crippen LogP contribution in [0.1, 0.15) is 67.1 Å². The number of fused-ring (bicyclic) bond motifs is 1. The number of ether oxygens (including phenoxy) is 2. The number of anilines is 2. The summed E-state index contributed by atoms with van der Waals surface area (Å²) in [5.74, 6) is -0.836. The van der Waals surface area contributed by atoms with E-state index in [0.717, 1.165) is 47.9 Å². The molecule has 0 radical (unpaired) electrons. The minimum atomic E-state index is -4.67. The van der Waals surface area contributed by atoms with E-state index in [-0.39, 0.29) is 47.2 Å². The van der Waals surface area contributed by atoms with E-state index in [0.29, 0.717) is 62.8 Å². The summed E-state index contributed by atoms with van der Waals surface area (Å²) in [4.78, 5) is 50.2. The molecule has 0 spiro atoms. The van der Waals surface area contributed by atoms with E-state index < -0.39 is 49.3 Å². The molecule has 1 atom stereocenters. The van der Waals surface area contributed by atoms with E-state index in [1.807, 2.05) is 0 Å². The highest BCUT2D eigenvalue weighted by atomic mass is 32.2. The lowest BCUT2D eigenvalue weighted by Gasteiger charge is -2.39. The summed E-state index contributed by atoms with van der Waals surface area (Å²) in [6.45, 7) is 11.9. The van der Waals surface area contributed by atoms with Gasteiger partial charge in [-0.05, 0) is 96.8 Å². The van der Waals surface area contributed by atoms with E-state index in [9.17, 15) is 41.3 Å². The van der Waals surface area contributed by atoms with Crippen molar-refractivity contribution in [2.45, 2.75) is 64.1 Å². The van der Waals surface area contributed by atoms with Crippen LogP contribution in [0.5, 0.6) is 11.5 Å². The Bertz CT molecular complexity index is 2890. The number of nitro benzene ring substituents is 1. The fourth-order valence-corrected chi connectivity index (χ4v) is 10.0. The maximum absolute atomic E-state index is 14.0. The predicted octanol–water partition coefficient (Wildman–Crippen LogP) is 8.15. The Morgan fingerprint density at radius 2 is 1.81 bits per heavy atom. The predicted molar refractivity (Wildman–Crippen MR) is 250 cm³/mol. The van der Waals surface area contributed by atoms with Crippen LogP contribution in [-0.2, 0) is 25.7 Å². The van der Waals surface area contributed by atoms with Crippen molar-refractivity contribution in [1.82, 2.24) is 24.5 Å². The number of sulfonamides is 1. The minimum Gasteiger partial charge on any atom is -0.455 e. The van der Waals surface area contributed by atoms with E-state index >= 15 is 0 Å². The van der Waals surface area contributed by atoms with Crippen LogP contribution in [0.3, 0.4) is 0 Å². The normalized spacial score (nSPS) is 18.1. The molecular formula is C48H53F3N8O8S. The molecule has 2 amide bonds. The summed E-state index contributed by atoms with van der Waals surface area (Å²) in [7, 11) is -4.67. The summed E-state index contributed by atoms with van der Waals surface area (Å²) in [5.41, 5.74) is 3.81. The number of amides is 2. The maximum Gasteiger partial charge on any atom is 0.416 e. The molecule has 16 nitrogen and oxygen atoms in total. The Morgan fingerprint density at radius 3 is 2.53 bits per heavy atom. The van der Waals surface area contributed by atoms with E-state index in [1.54, 1.807) is 48.4 Å². The molecule has 360 valence electrons. The Balaban J connectivity index is 0.997. The van der Waals surface area contributed by atoms with Gasteiger partial charge in [0, 0.05) is 88.7 Å². The molecule has 20 heteroatoms. The van der Waals surface area contributed by atoms with Crippen molar-refractivity contribution in [3.8, 4) is 11.5 Å². The Labute approximate surface area is 391 Å². The summed E-state index contributed by atoms with van der Waals surface area (Å²) in [6.07, 6.45) is 0.874. The zero-order valence-electron chi connectivity index (χ0n) is 38.1. The molecule has 0 bridgehead atoms. The first-order chi connectivity index (χ1) is 32.2. The van der Waals surface area contributed by atoms with Crippen molar-refractivity contribution < 1.29 is 45.6 Å². The van der Waals surface area contributed by atoms with Gasteiger partial charge in [0.15, 0.2) is 0 Å². The molecule has 5 aromatic rings. The number of nitrogens with zero attached hydrogens (tertiary/aromatic N) is 5. The molecule has 0 saturated carbocycles. The number of hydrogen-bond donors (Lipinski definition) is 3. The van der Waals surface area contributed by atoms with E-state index in [4.69, 9.17) is 9.47 Å². The number of pyridine rings is 1. The number of aromatic amines is 1. The second-order valence-electron chi connectivity index (χ2n) is 18.3. The first-order valence-electron chi connectivity index (χ1n) is 22.3. The highest BCUT2D eigenvalue weighted by molar-refractivity contribution is 7.90. The number of carbonyl (C=O) groups is 2. The fraction of sp³-hybridized carbons (Fsp3) is 0.396. The summed E-state index contributed by atoms with van der Waals surface area (Å²) in [5, 5.41) is 15.8. The van der Waals surface area contributed by atoms with Crippen LogP contribution in [0.2, 0.25) is 0 Å². The lowest BCUT2D eigenvalue weighted by Crippen LogP contribution is -2.47. The molecule has 0 unspecified atom stereocenters. The number of aromatic nitrogens is 2. The lowest BCUT2D eigenvalue weighted by atomic mass is 9.72. The Morgan fingerprint density at radius 1 is 1.03 bits per heavy atom. The maximum atomic E-state index is 14.0. The molecule has 4 heterocycles. The van der Waals surface area contributed by atoms with Gasteiger partial charge in [-0.15, -0.1) is 0 Å². The average molecular weight is 959 g/mol. The second kappa shape index (κ2) is 19.2. The number of morpholine rings is 1. The first-order valence-corrected chi connectivity index (χ1v) is 23.8. The topological polar surface area (TPSA) is 192 Å². The number of nitro groups is 1. The third-order valence-electron chi connectivity index (χ3n) is 12.8. The highest BCUT2D eigenvalue weighted by Gasteiger charge is 2.34. The summed E-state index contributed by atoms with van der Waals surface area (Å²) >= 11 is 0. The second-order valence-corrected chi connectivity index (χ2v) is 20.0. The SMILES string of the molecule is CC(=O)N1CCO[C@@H](CNc2ccc(S(=O)(=O)NC(=O)c3ccc(N4CCN(CC5=C(c6ccc(C(F)(F)F)cc6C)CC(C)(C)CC5)CC4)cc3Oc3cnc4[nH]ccc4c3)cc2[N+](=O)[O-])C1. The zero-order chi connectivity index (χ0) is 48.5. The number of H-pyrrole nitrogens is 1. The van der Waals surface area contributed by atoms with Crippen molar-refractivity contribution in [1.29, 1.82) is 0 Å². The van der Waals surface area contributed by atoms with Gasteiger partial charge in [0.25, 0.3) is 21.6 Å². The number of alkyl halides is 3. The van der Waals surface area contributed by atoms with Crippen molar-refractivity contribution >= 4 is 55.5 Å².